The Morgan fingerprint density at radius 1 is 1.11 bits per heavy atom. The molecule has 1 aromatic carbocycles. The molecular formula is C19H17N3O4S2. The molecule has 7 nitrogen and oxygen atoms in total. The summed E-state index contributed by atoms with van der Waals surface area (Å²) in [4.78, 5) is 25.3. The van der Waals surface area contributed by atoms with Crippen molar-refractivity contribution < 1.29 is 18.7 Å². The van der Waals surface area contributed by atoms with Crippen molar-refractivity contribution in [2.24, 2.45) is 0 Å². The van der Waals surface area contributed by atoms with Crippen molar-refractivity contribution in [3.63, 3.8) is 0 Å². The van der Waals surface area contributed by atoms with E-state index in [0.29, 0.717) is 10.6 Å². The second kappa shape index (κ2) is 8.68. The van der Waals surface area contributed by atoms with Crippen LogP contribution in [0.2, 0.25) is 0 Å². The Morgan fingerprint density at radius 2 is 1.86 bits per heavy atom. The summed E-state index contributed by atoms with van der Waals surface area (Å²) in [6.45, 7) is 1.92. The average Bonchev–Trinajstić information content (AvgIpc) is 3.34. The lowest BCUT2D eigenvalue weighted by atomic mass is 10.0. The summed E-state index contributed by atoms with van der Waals surface area (Å²) in [6.07, 6.45) is 1.40. The fourth-order valence-electron chi connectivity index (χ4n) is 2.60. The van der Waals surface area contributed by atoms with E-state index in [0.717, 1.165) is 16.0 Å². The van der Waals surface area contributed by atoms with Gasteiger partial charge in [0.1, 0.15) is 10.6 Å². The van der Waals surface area contributed by atoms with E-state index in [1.807, 2.05) is 37.3 Å². The van der Waals surface area contributed by atoms with E-state index in [1.165, 1.54) is 30.8 Å². The van der Waals surface area contributed by atoms with Crippen LogP contribution in [0.4, 0.5) is 5.00 Å². The van der Waals surface area contributed by atoms with E-state index in [4.69, 9.17) is 21.4 Å². The first-order valence-corrected chi connectivity index (χ1v) is 9.41. The Balaban J connectivity index is 1.80. The number of thiophene rings is 1. The topological polar surface area (TPSA) is 92.6 Å². The van der Waals surface area contributed by atoms with Crippen LogP contribution in [0.3, 0.4) is 0 Å². The normalized spacial score (nSPS) is 10.2. The molecule has 0 fully saturated rings. The molecule has 1 amide bonds. The molecule has 0 aliphatic heterocycles. The summed E-state index contributed by atoms with van der Waals surface area (Å²) >= 11 is 6.59. The van der Waals surface area contributed by atoms with Gasteiger partial charge in [-0.1, -0.05) is 30.3 Å². The van der Waals surface area contributed by atoms with Crippen LogP contribution in [0.25, 0.3) is 11.1 Å². The van der Waals surface area contributed by atoms with Gasteiger partial charge in [-0.15, -0.1) is 11.3 Å². The summed E-state index contributed by atoms with van der Waals surface area (Å²) < 4.78 is 9.97. The van der Waals surface area contributed by atoms with Crippen LogP contribution in [-0.4, -0.2) is 24.1 Å². The number of hydrogen-bond donors (Lipinski definition) is 3. The Morgan fingerprint density at radius 3 is 2.50 bits per heavy atom. The first-order chi connectivity index (χ1) is 13.5. The molecular weight excluding hydrogens is 398 g/mol. The molecule has 9 heteroatoms. The zero-order valence-electron chi connectivity index (χ0n) is 15.1. The van der Waals surface area contributed by atoms with Gasteiger partial charge in [0.05, 0.1) is 13.4 Å². The predicted molar refractivity (Wildman–Crippen MR) is 111 cm³/mol. The molecule has 3 rings (SSSR count). The maximum atomic E-state index is 12.4. The van der Waals surface area contributed by atoms with Crippen molar-refractivity contribution in [2.45, 2.75) is 6.92 Å². The molecule has 144 valence electrons. The zero-order chi connectivity index (χ0) is 20.1. The van der Waals surface area contributed by atoms with Crippen LogP contribution in [0.5, 0.6) is 0 Å². The van der Waals surface area contributed by atoms with E-state index >= 15 is 0 Å². The summed E-state index contributed by atoms with van der Waals surface area (Å²) in [6, 6.07) is 12.7. The highest BCUT2D eigenvalue weighted by Crippen LogP contribution is 2.40. The Labute approximate surface area is 170 Å². The number of esters is 1. The molecule has 3 N–H and O–H groups in total. The number of furan rings is 1. The van der Waals surface area contributed by atoms with E-state index in [9.17, 15) is 9.59 Å². The number of hydrogen-bond acceptors (Lipinski definition) is 6. The van der Waals surface area contributed by atoms with Gasteiger partial charge in [-0.05, 0) is 36.8 Å². The number of hydrazine groups is 1. The third kappa shape index (κ3) is 4.21. The SMILES string of the molecule is COC(=O)c1c(NC(=S)NNC(=O)c2ccco2)sc(C)c1-c1ccccc1. The van der Waals surface area contributed by atoms with Crippen LogP contribution in [0.15, 0.2) is 53.1 Å². The lowest BCUT2D eigenvalue weighted by molar-refractivity contribution is 0.0603. The molecule has 0 saturated heterocycles. The van der Waals surface area contributed by atoms with Crippen molar-refractivity contribution in [2.75, 3.05) is 12.4 Å². The number of benzene rings is 1. The number of carbonyl (C=O) groups excluding carboxylic acids is 2. The Kier molecular flexibility index (Phi) is 6.07. The fraction of sp³-hybridized carbons (Fsp3) is 0.105. The number of aryl methyl sites for hydroxylation is 1. The number of methoxy groups -OCH3 is 1. The standard InChI is InChI=1S/C19H17N3O4S2/c1-11-14(12-7-4-3-5-8-12)15(18(24)25-2)17(28-11)20-19(27)22-21-16(23)13-9-6-10-26-13/h3-10H,1-2H3,(H,21,23)(H2,20,22,27). The third-order valence-electron chi connectivity index (χ3n) is 3.80. The first kappa shape index (κ1) is 19.6. The molecule has 3 aromatic rings. The van der Waals surface area contributed by atoms with Gasteiger partial charge in [0.25, 0.3) is 0 Å². The number of amides is 1. The maximum Gasteiger partial charge on any atom is 0.341 e. The van der Waals surface area contributed by atoms with Gasteiger partial charge in [0.15, 0.2) is 10.9 Å². The van der Waals surface area contributed by atoms with Crippen LogP contribution in [-0.2, 0) is 4.74 Å². The quantitative estimate of drug-likeness (QED) is 0.340. The van der Waals surface area contributed by atoms with E-state index in [1.54, 1.807) is 6.07 Å². The maximum absolute atomic E-state index is 12.4. The molecule has 0 aliphatic carbocycles. The highest BCUT2D eigenvalue weighted by atomic mass is 32.1. The number of thiocarbonyl (C=S) groups is 1. The van der Waals surface area contributed by atoms with Crippen LogP contribution >= 0.6 is 23.6 Å². The van der Waals surface area contributed by atoms with Gasteiger partial charge in [-0.25, -0.2) is 4.79 Å². The number of ether oxygens (including phenoxy) is 1. The van der Waals surface area contributed by atoms with Gasteiger partial charge in [-0.3, -0.25) is 15.6 Å². The smallest absolute Gasteiger partial charge is 0.341 e. The molecule has 0 atom stereocenters. The minimum Gasteiger partial charge on any atom is -0.465 e. The Hall–Kier alpha value is -3.17. The highest BCUT2D eigenvalue weighted by molar-refractivity contribution is 7.80. The van der Waals surface area contributed by atoms with Gasteiger partial charge >= 0.3 is 11.9 Å². The minimum atomic E-state index is -0.479. The molecule has 0 bridgehead atoms. The Bertz CT molecular complexity index is 998. The van der Waals surface area contributed by atoms with Crippen LogP contribution < -0.4 is 16.2 Å². The summed E-state index contributed by atoms with van der Waals surface area (Å²) in [5.74, 6) is -0.813. The van der Waals surface area contributed by atoms with Crippen LogP contribution in [0, 0.1) is 6.92 Å². The molecule has 0 saturated carbocycles. The molecule has 2 aromatic heterocycles. The molecule has 0 radical (unpaired) electrons. The van der Waals surface area contributed by atoms with Crippen molar-refractivity contribution in [1.82, 2.24) is 10.9 Å². The monoisotopic (exact) mass is 415 g/mol. The highest BCUT2D eigenvalue weighted by Gasteiger charge is 2.24. The summed E-state index contributed by atoms with van der Waals surface area (Å²) in [5, 5.41) is 3.59. The van der Waals surface area contributed by atoms with Crippen molar-refractivity contribution in [3.8, 4) is 11.1 Å². The molecule has 0 unspecified atom stereocenters. The second-order valence-corrected chi connectivity index (χ2v) is 7.24. The van der Waals surface area contributed by atoms with Gasteiger partial charge in [-0.2, -0.15) is 0 Å². The largest absolute Gasteiger partial charge is 0.465 e. The lowest BCUT2D eigenvalue weighted by Gasteiger charge is -2.11. The predicted octanol–water partition coefficient (Wildman–Crippen LogP) is 3.73. The lowest BCUT2D eigenvalue weighted by Crippen LogP contribution is -2.43. The number of rotatable bonds is 4. The van der Waals surface area contributed by atoms with Gasteiger partial charge in [0.2, 0.25) is 0 Å². The average molecular weight is 415 g/mol. The van der Waals surface area contributed by atoms with Crippen molar-refractivity contribution in [1.29, 1.82) is 0 Å². The minimum absolute atomic E-state index is 0.117. The van der Waals surface area contributed by atoms with Gasteiger partial charge < -0.3 is 14.5 Å². The molecule has 2 heterocycles. The van der Waals surface area contributed by atoms with Crippen LogP contribution in [0.1, 0.15) is 25.8 Å². The zero-order valence-corrected chi connectivity index (χ0v) is 16.7. The third-order valence-corrected chi connectivity index (χ3v) is 5.02. The second-order valence-electron chi connectivity index (χ2n) is 5.61. The van der Waals surface area contributed by atoms with E-state index in [2.05, 4.69) is 16.2 Å². The molecule has 28 heavy (non-hydrogen) atoms. The van der Waals surface area contributed by atoms with Gasteiger partial charge in [0, 0.05) is 10.4 Å². The molecule has 0 spiro atoms. The number of nitrogens with one attached hydrogen (secondary N) is 3. The van der Waals surface area contributed by atoms with E-state index in [-0.39, 0.29) is 10.9 Å². The van der Waals surface area contributed by atoms with Crippen molar-refractivity contribution in [3.05, 3.63) is 64.9 Å². The number of anilines is 1. The summed E-state index contributed by atoms with van der Waals surface area (Å²) in [7, 11) is 1.33. The number of carbonyl (C=O) groups is 2. The molecule has 0 aliphatic rings. The fourth-order valence-corrected chi connectivity index (χ4v) is 3.89. The van der Waals surface area contributed by atoms with E-state index < -0.39 is 11.9 Å². The summed E-state index contributed by atoms with van der Waals surface area (Å²) in [5.41, 5.74) is 7.07. The van der Waals surface area contributed by atoms with Crippen molar-refractivity contribution >= 4 is 45.5 Å². The first-order valence-electron chi connectivity index (χ1n) is 8.19.